The fraction of sp³-hybridized carbons (Fsp3) is 0.290. The number of benzene rings is 3. The molecule has 2 amide bonds. The Labute approximate surface area is 252 Å². The van der Waals surface area contributed by atoms with E-state index in [0.717, 1.165) is 60.0 Å². The molecule has 12 heteroatoms. The van der Waals surface area contributed by atoms with Gasteiger partial charge in [-0.05, 0) is 73.2 Å². The summed E-state index contributed by atoms with van der Waals surface area (Å²) in [6.07, 6.45) is 0.183. The van der Waals surface area contributed by atoms with E-state index in [1.165, 1.54) is 40.8 Å². The monoisotopic (exact) mass is 608 g/mol. The Bertz CT molecular complexity index is 1570. The van der Waals surface area contributed by atoms with Crippen LogP contribution in [0, 0.1) is 0 Å². The van der Waals surface area contributed by atoms with Gasteiger partial charge in [-0.3, -0.25) is 0 Å². The molecule has 43 heavy (non-hydrogen) atoms. The van der Waals surface area contributed by atoms with E-state index in [4.69, 9.17) is 0 Å². The molecule has 0 saturated carbocycles. The highest BCUT2D eigenvalue weighted by molar-refractivity contribution is 8.14. The van der Waals surface area contributed by atoms with E-state index in [-0.39, 0.29) is 11.8 Å². The Hall–Kier alpha value is -4.32. The number of ether oxygens (including phenoxy) is 1. The molecule has 0 radical (unpaired) electrons. The number of amidine groups is 1. The average molecular weight is 609 g/mol. The smallest absolute Gasteiger partial charge is 0.406 e. The molecule has 1 aromatic heterocycles. The van der Waals surface area contributed by atoms with Crippen molar-refractivity contribution in [3.8, 4) is 22.8 Å². The zero-order chi connectivity index (χ0) is 30.2. The predicted molar refractivity (Wildman–Crippen MR) is 163 cm³/mol. The van der Waals surface area contributed by atoms with Crippen molar-refractivity contribution in [1.29, 1.82) is 0 Å². The Kier molecular flexibility index (Phi) is 9.65. The zero-order valence-corrected chi connectivity index (χ0v) is 24.4. The lowest BCUT2D eigenvalue weighted by atomic mass is 10.0. The van der Waals surface area contributed by atoms with Crippen LogP contribution in [-0.4, -0.2) is 51.2 Å². The van der Waals surface area contributed by atoms with Crippen LogP contribution in [0.5, 0.6) is 5.75 Å². The number of anilines is 1. The van der Waals surface area contributed by atoms with Crippen molar-refractivity contribution in [2.45, 2.75) is 39.0 Å². The first-order valence-electron chi connectivity index (χ1n) is 14.0. The number of rotatable bonds is 10. The summed E-state index contributed by atoms with van der Waals surface area (Å²) in [5.74, 6) is 1.10. The van der Waals surface area contributed by atoms with E-state index >= 15 is 0 Å². The highest BCUT2D eigenvalue weighted by atomic mass is 32.2. The number of para-hydroxylation sites is 1. The number of amides is 2. The number of aromatic nitrogens is 3. The van der Waals surface area contributed by atoms with Crippen LogP contribution < -0.4 is 15.0 Å². The number of hydrogen-bond acceptors (Lipinski definition) is 5. The minimum absolute atomic E-state index is 0.301. The number of halogens is 3. The number of alkyl halides is 3. The quantitative estimate of drug-likeness (QED) is 0.195. The molecule has 0 aliphatic carbocycles. The first kappa shape index (κ1) is 30.1. The Balaban J connectivity index is 1.10. The topological polar surface area (TPSA) is 84.6 Å². The second-order valence-corrected chi connectivity index (χ2v) is 10.9. The van der Waals surface area contributed by atoms with E-state index in [0.29, 0.717) is 18.1 Å². The molecule has 1 aliphatic heterocycles. The number of thioether (sulfide) groups is 1. The van der Waals surface area contributed by atoms with Crippen LogP contribution in [0.3, 0.4) is 0 Å². The van der Waals surface area contributed by atoms with Gasteiger partial charge in [0.15, 0.2) is 11.0 Å². The van der Waals surface area contributed by atoms with Crippen molar-refractivity contribution in [3.05, 3.63) is 90.3 Å². The van der Waals surface area contributed by atoms with Crippen LogP contribution in [0.25, 0.3) is 17.1 Å². The second kappa shape index (κ2) is 13.8. The van der Waals surface area contributed by atoms with Gasteiger partial charge in [0.1, 0.15) is 12.1 Å². The molecule has 2 heterocycles. The molecule has 3 aromatic carbocycles. The van der Waals surface area contributed by atoms with E-state index < -0.39 is 6.36 Å². The maximum absolute atomic E-state index is 12.5. The van der Waals surface area contributed by atoms with E-state index in [1.807, 2.05) is 36.4 Å². The zero-order valence-electron chi connectivity index (χ0n) is 23.6. The van der Waals surface area contributed by atoms with Gasteiger partial charge in [0.25, 0.3) is 0 Å². The van der Waals surface area contributed by atoms with Gasteiger partial charge in [0.2, 0.25) is 0 Å². The second-order valence-electron chi connectivity index (χ2n) is 9.82. The normalized spacial score (nSPS) is 14.3. The molecule has 1 aliphatic rings. The summed E-state index contributed by atoms with van der Waals surface area (Å²) in [6.45, 7) is 3.49. The van der Waals surface area contributed by atoms with Crippen molar-refractivity contribution in [1.82, 2.24) is 20.1 Å². The molecule has 0 atom stereocenters. The summed E-state index contributed by atoms with van der Waals surface area (Å²) in [7, 11) is 0. The standard InChI is InChI=1S/C31H31F3N6O2S/c1-2-23-10-3-4-12-27(23)39-18-19-43-30(39)37-29(41)35-17-6-5-8-22-9-7-11-24(20-22)28-36-21-40(38-28)25-13-15-26(16-14-25)42-31(32,33)34/h3-4,7,9-16,20-21H,2,5-6,8,17-19H2,1H3,(H,35,41). The molecule has 224 valence electrons. The minimum Gasteiger partial charge on any atom is -0.406 e. The molecular weight excluding hydrogens is 577 g/mol. The highest BCUT2D eigenvalue weighted by Gasteiger charge is 2.31. The summed E-state index contributed by atoms with van der Waals surface area (Å²) < 4.78 is 42.7. The van der Waals surface area contributed by atoms with E-state index in [9.17, 15) is 18.0 Å². The molecule has 0 spiro atoms. The van der Waals surface area contributed by atoms with Crippen LogP contribution in [-0.2, 0) is 12.8 Å². The third-order valence-electron chi connectivity index (χ3n) is 6.82. The molecular formula is C31H31F3N6O2S. The SMILES string of the molecule is CCc1ccccc1N1CCSC1=NC(=O)NCCCCc1cccc(-c2ncn(-c3ccc(OC(F)(F)F)cc3)n2)c1. The number of hydrogen-bond donors (Lipinski definition) is 1. The summed E-state index contributed by atoms with van der Waals surface area (Å²) in [5.41, 5.74) is 4.85. The minimum atomic E-state index is -4.74. The van der Waals surface area contributed by atoms with Gasteiger partial charge < -0.3 is 15.0 Å². The molecule has 0 bridgehead atoms. The van der Waals surface area contributed by atoms with Crippen molar-refractivity contribution in [2.75, 3.05) is 23.7 Å². The average Bonchev–Trinajstić information content (AvgIpc) is 3.67. The number of nitrogens with one attached hydrogen (secondary N) is 1. The predicted octanol–water partition coefficient (Wildman–Crippen LogP) is 7.04. The lowest BCUT2D eigenvalue weighted by Gasteiger charge is -2.20. The molecule has 0 unspecified atom stereocenters. The van der Waals surface area contributed by atoms with Gasteiger partial charge in [0.05, 0.1) is 5.69 Å². The Morgan fingerprint density at radius 3 is 2.67 bits per heavy atom. The summed E-state index contributed by atoms with van der Waals surface area (Å²) in [4.78, 5) is 23.4. The number of aliphatic imine (C=N–C) groups is 1. The summed E-state index contributed by atoms with van der Waals surface area (Å²) in [5, 5.41) is 8.13. The highest BCUT2D eigenvalue weighted by Crippen LogP contribution is 2.29. The summed E-state index contributed by atoms with van der Waals surface area (Å²) >= 11 is 1.60. The number of carbonyl (C=O) groups is 1. The van der Waals surface area contributed by atoms with Crippen LogP contribution in [0.1, 0.15) is 30.9 Å². The summed E-state index contributed by atoms with van der Waals surface area (Å²) in [6, 6.07) is 21.2. The lowest BCUT2D eigenvalue weighted by Crippen LogP contribution is -2.28. The van der Waals surface area contributed by atoms with E-state index in [2.05, 4.69) is 49.1 Å². The van der Waals surface area contributed by atoms with Crippen LogP contribution in [0.15, 0.2) is 84.1 Å². The Morgan fingerprint density at radius 1 is 1.07 bits per heavy atom. The largest absolute Gasteiger partial charge is 0.573 e. The van der Waals surface area contributed by atoms with Gasteiger partial charge in [-0.2, -0.15) is 4.99 Å². The third kappa shape index (κ3) is 8.16. The third-order valence-corrected chi connectivity index (χ3v) is 7.77. The maximum Gasteiger partial charge on any atom is 0.573 e. The first-order chi connectivity index (χ1) is 20.8. The van der Waals surface area contributed by atoms with E-state index in [1.54, 1.807) is 11.8 Å². The van der Waals surface area contributed by atoms with Crippen molar-refractivity contribution >= 4 is 28.6 Å². The van der Waals surface area contributed by atoms with Crippen LogP contribution in [0.2, 0.25) is 0 Å². The van der Waals surface area contributed by atoms with Gasteiger partial charge in [-0.15, -0.1) is 18.3 Å². The van der Waals surface area contributed by atoms with Crippen LogP contribution in [0.4, 0.5) is 23.7 Å². The molecule has 1 fully saturated rings. The van der Waals surface area contributed by atoms with Gasteiger partial charge in [-0.25, -0.2) is 14.5 Å². The number of carbonyl (C=O) groups excluding carboxylic acids is 1. The molecule has 4 aromatic rings. The molecule has 1 saturated heterocycles. The molecule has 1 N–H and O–H groups in total. The maximum atomic E-state index is 12.5. The fourth-order valence-electron chi connectivity index (χ4n) is 4.75. The Morgan fingerprint density at radius 2 is 1.88 bits per heavy atom. The van der Waals surface area contributed by atoms with Gasteiger partial charge in [-0.1, -0.05) is 55.1 Å². The van der Waals surface area contributed by atoms with Crippen molar-refractivity contribution in [2.24, 2.45) is 4.99 Å². The van der Waals surface area contributed by atoms with Crippen LogP contribution >= 0.6 is 11.8 Å². The molecule has 5 rings (SSSR count). The number of aryl methyl sites for hydroxylation is 2. The fourth-order valence-corrected chi connectivity index (χ4v) is 5.70. The van der Waals surface area contributed by atoms with Gasteiger partial charge >= 0.3 is 12.4 Å². The van der Waals surface area contributed by atoms with Crippen molar-refractivity contribution < 1.29 is 22.7 Å². The molecule has 8 nitrogen and oxygen atoms in total. The first-order valence-corrected chi connectivity index (χ1v) is 15.0. The van der Waals surface area contributed by atoms with Gasteiger partial charge in [0, 0.05) is 30.1 Å². The number of unbranched alkanes of at least 4 members (excludes halogenated alkanes) is 1. The lowest BCUT2D eigenvalue weighted by molar-refractivity contribution is -0.274. The number of nitrogens with zero attached hydrogens (tertiary/aromatic N) is 5. The number of urea groups is 1. The van der Waals surface area contributed by atoms with Crippen molar-refractivity contribution in [3.63, 3.8) is 0 Å².